The predicted molar refractivity (Wildman–Crippen MR) is 561 cm³/mol. The Labute approximate surface area is 888 Å². The quantitative estimate of drug-likeness (QED) is 0.0387. The zero-order valence-corrected chi connectivity index (χ0v) is 94.6. The number of aliphatic hydroxyl groups is 2. The number of benzene rings is 3. The zero-order valence-electron chi connectivity index (χ0n) is 93.8. The molecule has 3 aromatic carbocycles. The first-order valence-electron chi connectivity index (χ1n) is 56.6. The molecular formula is C122H179F2O24S+. The number of carbonyl (C=O) groups is 11. The van der Waals surface area contributed by atoms with E-state index in [-0.39, 0.29) is 117 Å². The fraction of sp³-hybridized carbons (Fsp3) is 0.762. The summed E-state index contributed by atoms with van der Waals surface area (Å²) in [7, 11) is -0.0146. The monoisotopic (exact) mass is 2100 g/mol. The van der Waals surface area contributed by atoms with Gasteiger partial charge in [0.1, 0.15) is 34.6 Å². The van der Waals surface area contributed by atoms with Crippen LogP contribution in [0.3, 0.4) is 0 Å². The van der Waals surface area contributed by atoms with E-state index in [0.717, 1.165) is 107 Å². The lowest BCUT2D eigenvalue weighted by molar-refractivity contribution is -0.226. The second-order valence-electron chi connectivity index (χ2n) is 52.7. The number of fused-ring (bicyclic) bond motifs is 1. The van der Waals surface area contributed by atoms with Gasteiger partial charge in [-0.1, -0.05) is 103 Å². The molecule has 21 aliphatic rings. The number of hydrogen-bond acceptors (Lipinski definition) is 24. The lowest BCUT2D eigenvalue weighted by Gasteiger charge is -2.59. The van der Waals surface area contributed by atoms with Crippen molar-refractivity contribution in [3.63, 3.8) is 0 Å². The second-order valence-corrected chi connectivity index (χ2v) is 54.8. The van der Waals surface area contributed by atoms with E-state index < -0.39 is 99.1 Å². The Morgan fingerprint density at radius 3 is 0.973 bits per heavy atom. The van der Waals surface area contributed by atoms with E-state index in [2.05, 4.69) is 123 Å². The third kappa shape index (κ3) is 27.7. The topological polar surface area (TPSA) is 330 Å². The molecule has 24 rings (SSSR count). The lowest BCUT2D eigenvalue weighted by Crippen LogP contribution is -2.61. The maximum absolute atomic E-state index is 12.8. The molecule has 3 aromatic rings. The van der Waals surface area contributed by atoms with E-state index >= 15 is 0 Å². The van der Waals surface area contributed by atoms with Crippen molar-refractivity contribution in [3.8, 4) is 0 Å². The first kappa shape index (κ1) is 118. The van der Waals surface area contributed by atoms with Crippen LogP contribution in [0.5, 0.6) is 0 Å². The second kappa shape index (κ2) is 46.5. The Morgan fingerprint density at radius 2 is 0.685 bits per heavy atom. The minimum Gasteiger partial charge on any atom is -0.463 e. The number of alkyl halides is 2. The van der Waals surface area contributed by atoms with Crippen molar-refractivity contribution in [3.05, 3.63) is 91.0 Å². The smallest absolute Gasteiger partial charge is 0.347 e. The molecule has 12 atom stereocenters. The molecule has 0 spiro atoms. The Kier molecular flexibility index (Phi) is 36.9. The van der Waals surface area contributed by atoms with Crippen LogP contribution in [-0.2, 0) is 116 Å². The summed E-state index contributed by atoms with van der Waals surface area (Å²) in [6, 6.07) is 32.2. The first-order valence-corrected chi connectivity index (χ1v) is 57.9. The number of hydrogen-bond donors (Lipinski definition) is 2. The molecule has 2 N–H and O–H groups in total. The van der Waals surface area contributed by atoms with Crippen LogP contribution in [0.4, 0.5) is 8.78 Å². The molecule has 18 aliphatic carbocycles. The van der Waals surface area contributed by atoms with E-state index in [4.69, 9.17) is 47.4 Å². The number of esters is 11. The van der Waals surface area contributed by atoms with Crippen LogP contribution >= 0.6 is 0 Å². The summed E-state index contributed by atoms with van der Waals surface area (Å²) in [6.07, 6.45) is 29.3. The highest BCUT2D eigenvalue weighted by Gasteiger charge is 2.67. The summed E-state index contributed by atoms with van der Waals surface area (Å²) in [4.78, 5) is 135. The molecule has 12 unspecified atom stereocenters. The molecule has 3 saturated heterocycles. The van der Waals surface area contributed by atoms with Gasteiger partial charge in [0.15, 0.2) is 21.3 Å². The lowest BCUT2D eigenvalue weighted by atomic mass is 9.50. The Balaban J connectivity index is 0.000000143. The van der Waals surface area contributed by atoms with Crippen LogP contribution in [0.15, 0.2) is 106 Å². The van der Waals surface area contributed by atoms with Gasteiger partial charge in [0.05, 0.1) is 85.6 Å². The van der Waals surface area contributed by atoms with Crippen molar-refractivity contribution in [1.29, 1.82) is 0 Å². The van der Waals surface area contributed by atoms with Crippen LogP contribution in [-0.4, -0.2) is 160 Å². The Hall–Kier alpha value is -8.04. The maximum Gasteiger partial charge on any atom is 0.347 e. The van der Waals surface area contributed by atoms with Gasteiger partial charge in [-0.05, 0) is 397 Å². The summed E-state index contributed by atoms with van der Waals surface area (Å²) in [5.41, 5.74) is -5.89. The van der Waals surface area contributed by atoms with Crippen molar-refractivity contribution in [1.82, 2.24) is 0 Å². The fourth-order valence-electron chi connectivity index (χ4n) is 27.4. The van der Waals surface area contributed by atoms with Gasteiger partial charge in [-0.25, -0.2) is 18.4 Å². The largest absolute Gasteiger partial charge is 0.463 e. The van der Waals surface area contributed by atoms with E-state index in [1.54, 1.807) is 41.5 Å². The van der Waals surface area contributed by atoms with E-state index in [1.807, 2.05) is 83.1 Å². The normalized spacial score (nSPS) is 34.1. The maximum atomic E-state index is 12.8. The molecule has 0 aromatic heterocycles. The molecule has 24 nitrogen and oxygen atoms in total. The zero-order chi connectivity index (χ0) is 109. The van der Waals surface area contributed by atoms with Crippen molar-refractivity contribution < 1.29 is 124 Å². The molecule has 830 valence electrons. The molecule has 18 bridgehead atoms. The average Bonchev–Trinajstić information content (AvgIpc) is 1.36. The third-order valence-corrected chi connectivity index (χ3v) is 40.7. The Bertz CT molecular complexity index is 4770. The van der Waals surface area contributed by atoms with Gasteiger partial charge in [-0.3, -0.25) is 43.2 Å². The number of halogens is 2. The van der Waals surface area contributed by atoms with Crippen LogP contribution in [0.2, 0.25) is 0 Å². The van der Waals surface area contributed by atoms with Gasteiger partial charge >= 0.3 is 65.7 Å². The standard InChI is InChI=1S/C18H24F2O6.C18H15S.2C17H28O2.2C16H26O3.2C10H16O4/c1-4-17(2,7-12(21)24-8-18(3,19)20)16(23)26-13-9-5-10-11(6-9)15(22)25-14(10)13;1-4-10-16(11-5-1)19(17-12-6-2-7-13-17)18-14-8-3-9-15-18;2*1-5-16(2,3)15(18)19-17(4)13-7-11-6-12(9-13)10-14(17)8-11;2*1-4-14(2,3)13(17)19-16-8-11-5-12(9-16)7-15(18,6-11)10-16;2*1-4-10(2,3)9(12)14-7-5-6-13-8(7)11/h9-11,13-14H,4-8H2,1-3H3;1-15H;2*11-14H,5-10H2,1-4H3;2*11-12,18H,4-10H2,1-3H3;2*7H,4-6H2,1-3H3/q;+1;;;;;;. The molecule has 3 heterocycles. The highest BCUT2D eigenvalue weighted by atomic mass is 32.2. The van der Waals surface area contributed by atoms with Crippen LogP contribution < -0.4 is 0 Å². The summed E-state index contributed by atoms with van der Waals surface area (Å²) >= 11 is 0. The predicted octanol–water partition coefficient (Wildman–Crippen LogP) is 24.3. The highest BCUT2D eigenvalue weighted by molar-refractivity contribution is 7.97. The molecule has 149 heavy (non-hydrogen) atoms. The van der Waals surface area contributed by atoms with Gasteiger partial charge in [0, 0.05) is 44.4 Å². The van der Waals surface area contributed by atoms with Gasteiger partial charge in [0.25, 0.3) is 5.92 Å². The fourth-order valence-corrected chi connectivity index (χ4v) is 29.5. The molecule has 18 saturated carbocycles. The van der Waals surface area contributed by atoms with Gasteiger partial charge in [0.2, 0.25) is 12.2 Å². The van der Waals surface area contributed by atoms with Crippen molar-refractivity contribution >= 4 is 76.6 Å². The summed E-state index contributed by atoms with van der Waals surface area (Å²) in [6.45, 7) is 43.1. The number of rotatable bonds is 28. The van der Waals surface area contributed by atoms with Gasteiger partial charge in [-0.2, -0.15) is 0 Å². The van der Waals surface area contributed by atoms with Gasteiger partial charge < -0.3 is 62.3 Å². The van der Waals surface area contributed by atoms with Crippen molar-refractivity contribution in [2.45, 2.75) is 456 Å². The van der Waals surface area contributed by atoms with Crippen LogP contribution in [0.1, 0.15) is 378 Å². The third-order valence-electron chi connectivity index (χ3n) is 38.5. The molecule has 27 heteroatoms. The molecule has 3 aliphatic heterocycles. The van der Waals surface area contributed by atoms with E-state index in [0.29, 0.717) is 112 Å². The number of cyclic esters (lactones) is 2. The minimum absolute atomic E-state index is 0.0146. The molecule has 0 radical (unpaired) electrons. The highest BCUT2D eigenvalue weighted by Crippen LogP contribution is 2.65. The minimum atomic E-state index is -3.12. The molecular weight excluding hydrogens is 1920 g/mol. The Morgan fingerprint density at radius 1 is 0.376 bits per heavy atom. The SMILES string of the molecule is CCC(C)(C)C(=O)OC1(C)C2CC3CC(C2)CC1C3.CCC(C)(C)C(=O)OC1(C)C2CC3CC(C2)CC1C3.CCC(C)(C)C(=O)OC12CC3CC(CC(O)(C3)C1)C2.CCC(C)(C)C(=O)OC12CC3CC(CC(O)(C3)C1)C2.CCC(C)(C)C(=O)OC1CCOC1=O.CCC(C)(C)C(=O)OC1CCOC1=O.CCC(C)(CC(=O)OCC(C)(F)F)C(=O)OC1C2CC3C(=O)OC1C3C2.c1ccc([S+](c2ccccc2)c2ccccc2)cc1. The average molecular weight is 2100 g/mol. The first-order chi connectivity index (χ1) is 69.6. The molecule has 21 fully saturated rings. The van der Waals surface area contributed by atoms with Crippen LogP contribution in [0.25, 0.3) is 0 Å². The van der Waals surface area contributed by atoms with Crippen LogP contribution in [0, 0.1) is 127 Å². The summed E-state index contributed by atoms with van der Waals surface area (Å²) in [5.74, 6) is 2.12. The van der Waals surface area contributed by atoms with E-state index in [9.17, 15) is 71.7 Å². The number of carbonyl (C=O) groups excluding carboxylic acids is 11. The van der Waals surface area contributed by atoms with Crippen molar-refractivity contribution in [2.75, 3.05) is 19.8 Å². The number of ether oxygens (including phenoxy) is 11. The summed E-state index contributed by atoms with van der Waals surface area (Å²) in [5, 5.41) is 21.3. The van der Waals surface area contributed by atoms with Gasteiger partial charge in [-0.15, -0.1) is 0 Å². The molecule has 0 amide bonds. The van der Waals surface area contributed by atoms with E-state index in [1.165, 1.54) is 91.7 Å². The van der Waals surface area contributed by atoms with Crippen molar-refractivity contribution in [2.24, 2.45) is 127 Å². The summed E-state index contributed by atoms with van der Waals surface area (Å²) < 4.78 is 85.0.